The van der Waals surface area contributed by atoms with Crippen molar-refractivity contribution in [1.29, 1.82) is 0 Å². The van der Waals surface area contributed by atoms with Gasteiger partial charge in [-0.1, -0.05) is 93.6 Å². The van der Waals surface area contributed by atoms with Gasteiger partial charge in [0.15, 0.2) is 0 Å². The van der Waals surface area contributed by atoms with Gasteiger partial charge in [0.25, 0.3) is 0 Å². The summed E-state index contributed by atoms with van der Waals surface area (Å²) in [7, 11) is -1.90. The van der Waals surface area contributed by atoms with Gasteiger partial charge >= 0.3 is 0 Å². The average molecular weight is 590 g/mol. The Morgan fingerprint density at radius 3 is 2.19 bits per heavy atom. The lowest BCUT2D eigenvalue weighted by molar-refractivity contribution is -0.130. The summed E-state index contributed by atoms with van der Waals surface area (Å²) in [5.41, 5.74) is 3.01. The molecule has 4 rings (SSSR count). The number of methoxy groups -OCH3 is 1. The van der Waals surface area contributed by atoms with Crippen LogP contribution in [0.3, 0.4) is 0 Å². The molecule has 3 aromatic carbocycles. The van der Waals surface area contributed by atoms with E-state index in [1.54, 1.807) is 23.5 Å². The molecule has 0 bridgehead atoms. The van der Waals surface area contributed by atoms with Gasteiger partial charge in [-0.2, -0.15) is 4.31 Å². The summed E-state index contributed by atoms with van der Waals surface area (Å²) in [6.45, 7) is 10.1. The molecule has 1 amide bonds. The Balaban J connectivity index is 1.36. The predicted molar refractivity (Wildman–Crippen MR) is 169 cm³/mol. The van der Waals surface area contributed by atoms with Gasteiger partial charge in [-0.25, -0.2) is 8.42 Å². The summed E-state index contributed by atoms with van der Waals surface area (Å²) < 4.78 is 33.6. The lowest BCUT2D eigenvalue weighted by atomic mass is 9.87. The topological polar surface area (TPSA) is 70.2 Å². The van der Waals surface area contributed by atoms with Crippen LogP contribution in [0.25, 0.3) is 6.08 Å². The third-order valence-corrected chi connectivity index (χ3v) is 9.60. The second-order valence-electron chi connectivity index (χ2n) is 11.7. The van der Waals surface area contributed by atoms with Crippen molar-refractivity contribution in [2.45, 2.75) is 37.5 Å². The van der Waals surface area contributed by atoms with Crippen molar-refractivity contribution in [2.24, 2.45) is 0 Å². The molecule has 1 fully saturated rings. The molecule has 1 aliphatic heterocycles. The van der Waals surface area contributed by atoms with Crippen LogP contribution in [0.15, 0.2) is 89.8 Å². The van der Waals surface area contributed by atoms with Crippen molar-refractivity contribution in [1.82, 2.24) is 14.1 Å². The van der Waals surface area contributed by atoms with Crippen LogP contribution in [0.5, 0.6) is 5.75 Å². The molecule has 0 unspecified atom stereocenters. The zero-order valence-corrected chi connectivity index (χ0v) is 26.0. The summed E-state index contributed by atoms with van der Waals surface area (Å²) in [4.78, 5) is 17.8. The number of carbonyl (C=O) groups is 1. The normalized spacial score (nSPS) is 15.1. The average Bonchev–Trinajstić information content (AvgIpc) is 2.99. The second kappa shape index (κ2) is 14.1. The number of rotatable bonds is 11. The first-order chi connectivity index (χ1) is 20.1. The van der Waals surface area contributed by atoms with E-state index in [0.717, 1.165) is 22.4 Å². The zero-order valence-electron chi connectivity index (χ0n) is 25.2. The molecular weight excluding hydrogens is 546 g/mol. The maximum atomic E-state index is 13.3. The Hall–Kier alpha value is -3.46. The minimum atomic E-state index is -3.55. The molecule has 0 atom stereocenters. The minimum absolute atomic E-state index is 0.0333. The standard InChI is InChI=1S/C34H43N3O4S/c1-34(2,3)30-16-18-31(19-17-30)42(39,40)37-25-22-35(23-26-37)21-24-36(33(38)27-28-11-6-5-7-12-28)20-10-14-29-13-8-9-15-32(29)41-4/h5-19H,20-27H2,1-4H3. The van der Waals surface area contributed by atoms with Crippen molar-refractivity contribution < 1.29 is 17.9 Å². The lowest BCUT2D eigenvalue weighted by Gasteiger charge is -2.35. The van der Waals surface area contributed by atoms with Gasteiger partial charge < -0.3 is 9.64 Å². The van der Waals surface area contributed by atoms with Crippen LogP contribution in [0.1, 0.15) is 37.5 Å². The van der Waals surface area contributed by atoms with E-state index in [-0.39, 0.29) is 11.3 Å². The molecule has 0 aliphatic carbocycles. The first-order valence-electron chi connectivity index (χ1n) is 14.5. The summed E-state index contributed by atoms with van der Waals surface area (Å²) in [5, 5.41) is 0. The van der Waals surface area contributed by atoms with E-state index < -0.39 is 10.0 Å². The van der Waals surface area contributed by atoms with Crippen LogP contribution < -0.4 is 4.74 Å². The van der Waals surface area contributed by atoms with E-state index >= 15 is 0 Å². The molecule has 0 spiro atoms. The Bertz CT molecular complexity index is 1440. The van der Waals surface area contributed by atoms with E-state index in [1.807, 2.05) is 83.8 Å². The molecule has 0 N–H and O–H groups in total. The fourth-order valence-corrected chi connectivity index (χ4v) is 6.46. The third-order valence-electron chi connectivity index (χ3n) is 7.69. The Labute approximate surface area is 251 Å². The van der Waals surface area contributed by atoms with Gasteiger partial charge in [0, 0.05) is 51.4 Å². The summed E-state index contributed by atoms with van der Waals surface area (Å²) in [6, 6.07) is 24.8. The van der Waals surface area contributed by atoms with Crippen molar-refractivity contribution in [3.63, 3.8) is 0 Å². The van der Waals surface area contributed by atoms with Crippen molar-refractivity contribution in [2.75, 3.05) is 52.9 Å². The van der Waals surface area contributed by atoms with Gasteiger partial charge in [0.1, 0.15) is 5.75 Å². The molecule has 7 nitrogen and oxygen atoms in total. The number of sulfonamides is 1. The molecular formula is C34H43N3O4S. The monoisotopic (exact) mass is 589 g/mol. The highest BCUT2D eigenvalue weighted by Crippen LogP contribution is 2.25. The summed E-state index contributed by atoms with van der Waals surface area (Å²) in [5.74, 6) is 0.847. The molecule has 0 aromatic heterocycles. The van der Waals surface area contributed by atoms with Crippen LogP contribution in [-0.2, 0) is 26.7 Å². The van der Waals surface area contributed by atoms with Gasteiger partial charge in [0.05, 0.1) is 18.4 Å². The van der Waals surface area contributed by atoms with Gasteiger partial charge in [0.2, 0.25) is 15.9 Å². The van der Waals surface area contributed by atoms with Crippen LogP contribution in [0, 0.1) is 0 Å². The molecule has 1 aliphatic rings. The number of piperazine rings is 1. The number of benzene rings is 3. The number of amides is 1. The highest BCUT2D eigenvalue weighted by molar-refractivity contribution is 7.89. The first kappa shape index (κ1) is 31.5. The SMILES string of the molecule is COc1ccccc1C=CCN(CCN1CCN(S(=O)(=O)c2ccc(C(C)(C)C)cc2)CC1)C(=O)Cc1ccccc1. The Morgan fingerprint density at radius 2 is 1.55 bits per heavy atom. The van der Waals surface area contributed by atoms with E-state index in [9.17, 15) is 13.2 Å². The Morgan fingerprint density at radius 1 is 0.905 bits per heavy atom. The van der Waals surface area contributed by atoms with Crippen LogP contribution in [0.2, 0.25) is 0 Å². The maximum Gasteiger partial charge on any atom is 0.243 e. The number of hydrogen-bond acceptors (Lipinski definition) is 5. The number of hydrogen-bond donors (Lipinski definition) is 0. The maximum absolute atomic E-state index is 13.3. The third kappa shape index (κ3) is 8.31. The molecule has 42 heavy (non-hydrogen) atoms. The van der Waals surface area contributed by atoms with E-state index in [0.29, 0.717) is 57.1 Å². The highest BCUT2D eigenvalue weighted by Gasteiger charge is 2.29. The minimum Gasteiger partial charge on any atom is -0.496 e. The molecule has 1 saturated heterocycles. The zero-order chi connectivity index (χ0) is 30.2. The van der Waals surface area contributed by atoms with Crippen LogP contribution in [0.4, 0.5) is 0 Å². The van der Waals surface area contributed by atoms with E-state index in [4.69, 9.17) is 4.74 Å². The Kier molecular flexibility index (Phi) is 10.6. The van der Waals surface area contributed by atoms with Gasteiger partial charge in [-0.15, -0.1) is 0 Å². The van der Waals surface area contributed by atoms with Crippen LogP contribution >= 0.6 is 0 Å². The number of para-hydroxylation sites is 1. The molecule has 224 valence electrons. The molecule has 8 heteroatoms. The fraction of sp³-hybridized carbons (Fsp3) is 0.382. The second-order valence-corrected chi connectivity index (χ2v) is 13.6. The van der Waals surface area contributed by atoms with E-state index in [2.05, 4.69) is 25.7 Å². The molecule has 0 radical (unpaired) electrons. The fourth-order valence-electron chi connectivity index (χ4n) is 5.04. The number of nitrogens with zero attached hydrogens (tertiary/aromatic N) is 3. The van der Waals surface area contributed by atoms with Gasteiger partial charge in [-0.05, 0) is 34.7 Å². The largest absolute Gasteiger partial charge is 0.496 e. The van der Waals surface area contributed by atoms with Crippen LogP contribution in [-0.4, -0.2) is 81.4 Å². The van der Waals surface area contributed by atoms with Crippen molar-refractivity contribution in [3.8, 4) is 5.75 Å². The van der Waals surface area contributed by atoms with Gasteiger partial charge in [-0.3, -0.25) is 9.69 Å². The smallest absolute Gasteiger partial charge is 0.243 e. The quantitative estimate of drug-likeness (QED) is 0.312. The highest BCUT2D eigenvalue weighted by atomic mass is 32.2. The predicted octanol–water partition coefficient (Wildman–Crippen LogP) is 5.08. The molecule has 3 aromatic rings. The molecule has 1 heterocycles. The summed E-state index contributed by atoms with van der Waals surface area (Å²) >= 11 is 0. The van der Waals surface area contributed by atoms with E-state index in [1.165, 1.54) is 0 Å². The first-order valence-corrected chi connectivity index (χ1v) is 16.0. The number of ether oxygens (including phenoxy) is 1. The lowest BCUT2D eigenvalue weighted by Crippen LogP contribution is -2.50. The van der Waals surface area contributed by atoms with Crippen molar-refractivity contribution in [3.05, 3.63) is 102 Å². The molecule has 0 saturated carbocycles. The number of carbonyl (C=O) groups excluding carboxylic acids is 1. The summed E-state index contributed by atoms with van der Waals surface area (Å²) in [6.07, 6.45) is 4.32. The van der Waals surface area contributed by atoms with Crippen molar-refractivity contribution >= 4 is 22.0 Å².